The lowest BCUT2D eigenvalue weighted by molar-refractivity contribution is -0.173. The lowest BCUT2D eigenvalue weighted by Gasteiger charge is -2.54. The topological polar surface area (TPSA) is 96.2 Å². The number of rotatable bonds is 2. The molecule has 2 heterocycles. The SMILES string of the molecule is C[C@H](CO)[C@H]1[C@@H](O)C[C@H]2[C@@H]3CC[C@H]4C(C)(C)O[C@@H]5CC(=O)O[C@@]54C[C@@]3(O)CC[C@]12C. The third kappa shape index (κ3) is 2.60. The summed E-state index contributed by atoms with van der Waals surface area (Å²) in [5.74, 6) is 0.224. The van der Waals surface area contributed by atoms with Crippen LogP contribution in [0.25, 0.3) is 0 Å². The molecule has 3 saturated carbocycles. The van der Waals surface area contributed by atoms with Crippen LogP contribution in [0.3, 0.4) is 0 Å². The van der Waals surface area contributed by atoms with Crippen LogP contribution in [0.2, 0.25) is 0 Å². The van der Waals surface area contributed by atoms with E-state index in [0.717, 1.165) is 19.3 Å². The van der Waals surface area contributed by atoms with E-state index in [2.05, 4.69) is 20.8 Å². The van der Waals surface area contributed by atoms with Gasteiger partial charge in [0.2, 0.25) is 0 Å². The summed E-state index contributed by atoms with van der Waals surface area (Å²) < 4.78 is 12.4. The molecule has 3 N–H and O–H groups in total. The minimum absolute atomic E-state index is 0.0393. The molecule has 5 fully saturated rings. The quantitative estimate of drug-likeness (QED) is 0.592. The smallest absolute Gasteiger partial charge is 0.309 e. The van der Waals surface area contributed by atoms with Crippen LogP contribution in [-0.2, 0) is 14.3 Å². The van der Waals surface area contributed by atoms with Crippen LogP contribution in [-0.4, -0.2) is 56.9 Å². The molecule has 0 aromatic carbocycles. The molecule has 5 aliphatic rings. The summed E-state index contributed by atoms with van der Waals surface area (Å²) in [6.07, 6.45) is 3.85. The van der Waals surface area contributed by atoms with Crippen LogP contribution in [0.4, 0.5) is 0 Å². The first-order valence-corrected chi connectivity index (χ1v) is 11.9. The molecule has 5 rings (SSSR count). The molecule has 0 amide bonds. The number of aliphatic hydroxyl groups excluding tert-OH is 2. The summed E-state index contributed by atoms with van der Waals surface area (Å²) in [6, 6.07) is 0. The maximum absolute atomic E-state index is 12.3. The van der Waals surface area contributed by atoms with Crippen molar-refractivity contribution in [1.82, 2.24) is 0 Å². The third-order valence-corrected chi connectivity index (χ3v) is 10.1. The number of fused-ring (bicyclic) bond motifs is 3. The van der Waals surface area contributed by atoms with Crippen molar-refractivity contribution >= 4 is 5.97 Å². The first kappa shape index (κ1) is 21.2. The Morgan fingerprint density at radius 2 is 1.90 bits per heavy atom. The molecule has 170 valence electrons. The summed E-state index contributed by atoms with van der Waals surface area (Å²) >= 11 is 0. The van der Waals surface area contributed by atoms with E-state index in [1.807, 2.05) is 6.92 Å². The van der Waals surface area contributed by atoms with E-state index in [1.165, 1.54) is 0 Å². The molecule has 0 aromatic heterocycles. The number of aliphatic hydroxyl groups is 3. The number of hydrogen-bond donors (Lipinski definition) is 3. The number of carbonyl (C=O) groups excluding carboxylic acids is 1. The number of ether oxygens (including phenoxy) is 2. The molecule has 6 heteroatoms. The van der Waals surface area contributed by atoms with Gasteiger partial charge < -0.3 is 24.8 Å². The molecular weight excluding hydrogens is 384 g/mol. The summed E-state index contributed by atoms with van der Waals surface area (Å²) in [4.78, 5) is 12.3. The zero-order chi connectivity index (χ0) is 21.7. The summed E-state index contributed by atoms with van der Waals surface area (Å²) in [7, 11) is 0. The summed E-state index contributed by atoms with van der Waals surface area (Å²) in [5, 5.41) is 32.9. The largest absolute Gasteiger partial charge is 0.456 e. The molecule has 1 spiro atoms. The highest BCUT2D eigenvalue weighted by molar-refractivity contribution is 5.74. The Labute approximate surface area is 179 Å². The fourth-order valence-electron chi connectivity index (χ4n) is 9.02. The van der Waals surface area contributed by atoms with Crippen molar-refractivity contribution in [2.45, 2.75) is 102 Å². The van der Waals surface area contributed by atoms with Crippen molar-refractivity contribution in [3.63, 3.8) is 0 Å². The summed E-state index contributed by atoms with van der Waals surface area (Å²) in [6.45, 7) is 8.55. The van der Waals surface area contributed by atoms with E-state index in [0.29, 0.717) is 19.3 Å². The van der Waals surface area contributed by atoms with Crippen molar-refractivity contribution in [2.24, 2.45) is 35.0 Å². The normalized spacial score (nSPS) is 55.1. The zero-order valence-corrected chi connectivity index (χ0v) is 18.8. The average molecular weight is 423 g/mol. The molecule has 0 aromatic rings. The van der Waals surface area contributed by atoms with Crippen LogP contribution in [0, 0.1) is 35.0 Å². The van der Waals surface area contributed by atoms with Gasteiger partial charge in [-0.1, -0.05) is 13.8 Å². The highest BCUT2D eigenvalue weighted by Gasteiger charge is 2.72. The highest BCUT2D eigenvalue weighted by atomic mass is 16.6. The Morgan fingerprint density at radius 3 is 2.60 bits per heavy atom. The molecule has 2 saturated heterocycles. The average Bonchev–Trinajstić information content (AvgIpc) is 3.10. The lowest BCUT2D eigenvalue weighted by atomic mass is 9.53. The van der Waals surface area contributed by atoms with Crippen LogP contribution >= 0.6 is 0 Å². The van der Waals surface area contributed by atoms with Crippen LogP contribution in [0.5, 0.6) is 0 Å². The zero-order valence-electron chi connectivity index (χ0n) is 18.8. The van der Waals surface area contributed by atoms with Gasteiger partial charge >= 0.3 is 5.97 Å². The van der Waals surface area contributed by atoms with E-state index in [4.69, 9.17) is 9.47 Å². The van der Waals surface area contributed by atoms with E-state index in [9.17, 15) is 20.1 Å². The Kier molecular flexibility index (Phi) is 4.54. The second-order valence-electron chi connectivity index (χ2n) is 12.0. The Morgan fingerprint density at radius 1 is 1.17 bits per heavy atom. The van der Waals surface area contributed by atoms with Crippen molar-refractivity contribution in [3.8, 4) is 0 Å². The summed E-state index contributed by atoms with van der Waals surface area (Å²) in [5.41, 5.74) is -2.12. The van der Waals surface area contributed by atoms with E-state index in [1.54, 1.807) is 0 Å². The van der Waals surface area contributed by atoms with Gasteiger partial charge in [0.05, 0.1) is 23.7 Å². The number of hydrogen-bond acceptors (Lipinski definition) is 6. The second kappa shape index (κ2) is 6.43. The molecule has 0 radical (unpaired) electrons. The van der Waals surface area contributed by atoms with Gasteiger partial charge in [-0.2, -0.15) is 0 Å². The van der Waals surface area contributed by atoms with Crippen molar-refractivity contribution in [1.29, 1.82) is 0 Å². The molecule has 0 bridgehead atoms. The maximum Gasteiger partial charge on any atom is 0.309 e. The van der Waals surface area contributed by atoms with Crippen molar-refractivity contribution in [2.75, 3.05) is 6.61 Å². The first-order valence-electron chi connectivity index (χ1n) is 11.9. The molecule has 10 atom stereocenters. The van der Waals surface area contributed by atoms with Crippen LogP contribution < -0.4 is 0 Å². The standard InChI is InChI=1S/C24H38O6/c1-13(11-25)20-16(26)9-15-14-5-6-17-21(2,3)29-18-10-19(27)30-24(17,18)12-23(14,28)8-7-22(15,20)4/h13-18,20,25-26,28H,5-12H2,1-4H3/t13-,14+,15+,16+,17+,18-,20+,22+,23+,24-/m1/s1. The molecular formula is C24H38O6. The Bertz CT molecular complexity index is 737. The Hall–Kier alpha value is -0.690. The second-order valence-corrected chi connectivity index (χ2v) is 12.0. The Balaban J connectivity index is 1.52. The number of carbonyl (C=O) groups is 1. The van der Waals surface area contributed by atoms with E-state index in [-0.39, 0.29) is 65.7 Å². The molecule has 0 unspecified atom stereocenters. The minimum Gasteiger partial charge on any atom is -0.456 e. The highest BCUT2D eigenvalue weighted by Crippen LogP contribution is 2.67. The van der Waals surface area contributed by atoms with Crippen molar-refractivity contribution < 1.29 is 29.6 Å². The van der Waals surface area contributed by atoms with Gasteiger partial charge in [-0.05, 0) is 75.0 Å². The fraction of sp³-hybridized carbons (Fsp3) is 0.958. The van der Waals surface area contributed by atoms with Gasteiger partial charge in [-0.3, -0.25) is 4.79 Å². The molecule has 6 nitrogen and oxygen atoms in total. The lowest BCUT2D eigenvalue weighted by Crippen LogP contribution is -2.56. The van der Waals surface area contributed by atoms with Gasteiger partial charge in [0.1, 0.15) is 11.7 Å². The third-order valence-electron chi connectivity index (χ3n) is 10.1. The molecule has 3 aliphatic carbocycles. The fourth-order valence-corrected chi connectivity index (χ4v) is 9.02. The van der Waals surface area contributed by atoms with Gasteiger partial charge in [0.15, 0.2) is 0 Å². The minimum atomic E-state index is -0.914. The monoisotopic (exact) mass is 422 g/mol. The predicted molar refractivity (Wildman–Crippen MR) is 109 cm³/mol. The van der Waals surface area contributed by atoms with Gasteiger partial charge in [-0.25, -0.2) is 0 Å². The van der Waals surface area contributed by atoms with Crippen LogP contribution in [0.1, 0.15) is 72.6 Å². The maximum atomic E-state index is 12.3. The first-order chi connectivity index (χ1) is 14.0. The van der Waals surface area contributed by atoms with Gasteiger partial charge in [0.25, 0.3) is 0 Å². The molecule has 30 heavy (non-hydrogen) atoms. The number of esters is 1. The van der Waals surface area contributed by atoms with Crippen molar-refractivity contribution in [3.05, 3.63) is 0 Å². The van der Waals surface area contributed by atoms with Crippen LogP contribution in [0.15, 0.2) is 0 Å². The van der Waals surface area contributed by atoms with Gasteiger partial charge in [0, 0.05) is 18.9 Å². The molecule has 2 aliphatic heterocycles. The van der Waals surface area contributed by atoms with E-state index < -0.39 is 17.3 Å². The van der Waals surface area contributed by atoms with Gasteiger partial charge in [-0.15, -0.1) is 0 Å². The van der Waals surface area contributed by atoms with E-state index >= 15 is 0 Å². The predicted octanol–water partition coefficient (Wildman–Crippen LogP) is 2.42.